The van der Waals surface area contributed by atoms with Crippen molar-refractivity contribution in [1.29, 1.82) is 0 Å². The van der Waals surface area contributed by atoms with Crippen LogP contribution in [0, 0.1) is 11.3 Å². The van der Waals surface area contributed by atoms with Crippen LogP contribution in [0.4, 0.5) is 0 Å². The monoisotopic (exact) mass is 213 g/mol. The topological polar surface area (TPSA) is 35.2 Å². The summed E-state index contributed by atoms with van der Waals surface area (Å²) in [6.45, 7) is 3.92. The summed E-state index contributed by atoms with van der Waals surface area (Å²) in [5.74, 6) is 0.960. The van der Waals surface area contributed by atoms with Crippen LogP contribution in [0.1, 0.15) is 51.9 Å². The zero-order valence-electron chi connectivity index (χ0n) is 10.4. The Morgan fingerprint density at radius 1 is 1.33 bits per heavy atom. The van der Waals surface area contributed by atoms with E-state index in [0.717, 1.165) is 19.1 Å². The van der Waals surface area contributed by atoms with Crippen molar-refractivity contribution in [1.82, 2.24) is 0 Å². The highest BCUT2D eigenvalue weighted by Gasteiger charge is 2.33. The van der Waals surface area contributed by atoms with Gasteiger partial charge in [-0.25, -0.2) is 0 Å². The number of unbranched alkanes of at least 4 members (excludes halogenated alkanes) is 1. The maximum absolute atomic E-state index is 5.89. The highest BCUT2D eigenvalue weighted by atomic mass is 16.5. The second-order valence-electron chi connectivity index (χ2n) is 5.22. The Hall–Kier alpha value is -0.0800. The van der Waals surface area contributed by atoms with Gasteiger partial charge in [0.15, 0.2) is 0 Å². The van der Waals surface area contributed by atoms with Crippen LogP contribution in [-0.2, 0) is 4.74 Å². The highest BCUT2D eigenvalue weighted by Crippen LogP contribution is 2.40. The van der Waals surface area contributed by atoms with Gasteiger partial charge in [-0.1, -0.05) is 26.2 Å². The first-order valence-corrected chi connectivity index (χ1v) is 6.45. The van der Waals surface area contributed by atoms with Crippen LogP contribution < -0.4 is 5.73 Å². The summed E-state index contributed by atoms with van der Waals surface area (Å²) < 4.78 is 5.31. The van der Waals surface area contributed by atoms with E-state index in [1.807, 2.05) is 0 Å². The van der Waals surface area contributed by atoms with Gasteiger partial charge < -0.3 is 10.5 Å². The van der Waals surface area contributed by atoms with Crippen molar-refractivity contribution < 1.29 is 4.74 Å². The molecule has 0 aromatic heterocycles. The Morgan fingerprint density at radius 2 is 2.00 bits per heavy atom. The van der Waals surface area contributed by atoms with Gasteiger partial charge >= 0.3 is 0 Å². The first kappa shape index (κ1) is 13.0. The van der Waals surface area contributed by atoms with Crippen molar-refractivity contribution in [3.8, 4) is 0 Å². The van der Waals surface area contributed by atoms with E-state index in [-0.39, 0.29) is 0 Å². The molecule has 0 amide bonds. The minimum Gasteiger partial charge on any atom is -0.384 e. The third-order valence-corrected chi connectivity index (χ3v) is 4.02. The molecule has 0 aliphatic heterocycles. The molecule has 2 heteroatoms. The second-order valence-corrected chi connectivity index (χ2v) is 5.22. The Kier molecular flexibility index (Phi) is 5.62. The summed E-state index contributed by atoms with van der Waals surface area (Å²) in [4.78, 5) is 0. The Bertz CT molecular complexity index is 162. The van der Waals surface area contributed by atoms with Gasteiger partial charge in [0.1, 0.15) is 0 Å². The molecule has 0 aromatic rings. The summed E-state index contributed by atoms with van der Waals surface area (Å²) in [7, 11) is 1.79. The van der Waals surface area contributed by atoms with Gasteiger partial charge in [-0.3, -0.25) is 0 Å². The SMILES string of the molecule is CCCCC1CCC(CN)(COC)CC1. The molecule has 1 fully saturated rings. The fourth-order valence-corrected chi connectivity index (χ4v) is 2.79. The van der Waals surface area contributed by atoms with Crippen LogP contribution in [-0.4, -0.2) is 20.3 Å². The van der Waals surface area contributed by atoms with E-state index in [4.69, 9.17) is 10.5 Å². The normalized spacial score (nSPS) is 31.8. The maximum Gasteiger partial charge on any atom is 0.0530 e. The van der Waals surface area contributed by atoms with E-state index in [1.165, 1.54) is 44.9 Å². The summed E-state index contributed by atoms with van der Waals surface area (Å²) in [5, 5.41) is 0. The van der Waals surface area contributed by atoms with Gasteiger partial charge in [0.25, 0.3) is 0 Å². The number of ether oxygens (including phenoxy) is 1. The van der Waals surface area contributed by atoms with E-state index >= 15 is 0 Å². The van der Waals surface area contributed by atoms with Crippen molar-refractivity contribution in [2.24, 2.45) is 17.1 Å². The largest absolute Gasteiger partial charge is 0.384 e. The average molecular weight is 213 g/mol. The van der Waals surface area contributed by atoms with E-state index in [9.17, 15) is 0 Å². The molecule has 0 aromatic carbocycles. The molecule has 1 aliphatic rings. The van der Waals surface area contributed by atoms with E-state index < -0.39 is 0 Å². The lowest BCUT2D eigenvalue weighted by molar-refractivity contribution is 0.0406. The lowest BCUT2D eigenvalue weighted by Gasteiger charge is -2.39. The van der Waals surface area contributed by atoms with Crippen molar-refractivity contribution >= 4 is 0 Å². The predicted molar refractivity (Wildman–Crippen MR) is 64.8 cm³/mol. The molecule has 15 heavy (non-hydrogen) atoms. The van der Waals surface area contributed by atoms with Crippen LogP contribution in [0.3, 0.4) is 0 Å². The van der Waals surface area contributed by atoms with Crippen LogP contribution >= 0.6 is 0 Å². The lowest BCUT2D eigenvalue weighted by atomic mass is 9.70. The first-order valence-electron chi connectivity index (χ1n) is 6.45. The minimum atomic E-state index is 0.303. The Morgan fingerprint density at radius 3 is 2.47 bits per heavy atom. The Labute approximate surface area is 94.6 Å². The minimum absolute atomic E-state index is 0.303. The lowest BCUT2D eigenvalue weighted by Crippen LogP contribution is -2.38. The quantitative estimate of drug-likeness (QED) is 0.736. The first-order chi connectivity index (χ1) is 7.26. The van der Waals surface area contributed by atoms with Crippen LogP contribution in [0.25, 0.3) is 0 Å². The van der Waals surface area contributed by atoms with Crippen molar-refractivity contribution in [3.63, 3.8) is 0 Å². The molecule has 0 bridgehead atoms. The van der Waals surface area contributed by atoms with Gasteiger partial charge in [0, 0.05) is 19.1 Å². The van der Waals surface area contributed by atoms with Gasteiger partial charge in [-0.15, -0.1) is 0 Å². The number of hydrogen-bond acceptors (Lipinski definition) is 2. The molecule has 0 unspecified atom stereocenters. The van der Waals surface area contributed by atoms with Crippen molar-refractivity contribution in [3.05, 3.63) is 0 Å². The molecule has 1 rings (SSSR count). The van der Waals surface area contributed by atoms with Crippen molar-refractivity contribution in [2.75, 3.05) is 20.3 Å². The summed E-state index contributed by atoms with van der Waals surface area (Å²) in [5.41, 5.74) is 6.19. The molecule has 2 N–H and O–H groups in total. The molecule has 1 saturated carbocycles. The summed E-state index contributed by atoms with van der Waals surface area (Å²) in [6, 6.07) is 0. The van der Waals surface area contributed by atoms with E-state index in [0.29, 0.717) is 5.41 Å². The van der Waals surface area contributed by atoms with E-state index in [2.05, 4.69) is 6.92 Å². The molecular weight excluding hydrogens is 186 g/mol. The molecule has 2 nitrogen and oxygen atoms in total. The van der Waals surface area contributed by atoms with Crippen LogP contribution in [0.5, 0.6) is 0 Å². The molecular formula is C13H27NO. The standard InChI is InChI=1S/C13H27NO/c1-3-4-5-12-6-8-13(10-14,9-7-12)11-15-2/h12H,3-11,14H2,1-2H3. The predicted octanol–water partition coefficient (Wildman–Crippen LogP) is 2.96. The molecule has 0 atom stereocenters. The maximum atomic E-state index is 5.89. The third kappa shape index (κ3) is 3.76. The van der Waals surface area contributed by atoms with Gasteiger partial charge in [-0.05, 0) is 31.6 Å². The molecule has 90 valence electrons. The molecule has 0 heterocycles. The van der Waals surface area contributed by atoms with Gasteiger partial charge in [0.05, 0.1) is 6.61 Å². The zero-order chi connectivity index (χ0) is 11.1. The van der Waals surface area contributed by atoms with Gasteiger partial charge in [-0.2, -0.15) is 0 Å². The fraction of sp³-hybridized carbons (Fsp3) is 1.00. The highest BCUT2D eigenvalue weighted by molar-refractivity contribution is 4.86. The Balaban J connectivity index is 2.32. The molecule has 0 radical (unpaired) electrons. The zero-order valence-corrected chi connectivity index (χ0v) is 10.4. The van der Waals surface area contributed by atoms with Crippen LogP contribution in [0.2, 0.25) is 0 Å². The number of nitrogens with two attached hydrogens (primary N) is 1. The van der Waals surface area contributed by atoms with Gasteiger partial charge in [0.2, 0.25) is 0 Å². The smallest absolute Gasteiger partial charge is 0.0530 e. The molecule has 0 saturated heterocycles. The average Bonchev–Trinajstić information content (AvgIpc) is 2.29. The number of hydrogen-bond donors (Lipinski definition) is 1. The van der Waals surface area contributed by atoms with Crippen LogP contribution in [0.15, 0.2) is 0 Å². The molecule has 0 spiro atoms. The summed E-state index contributed by atoms with van der Waals surface area (Å²) in [6.07, 6.45) is 9.41. The second kappa shape index (κ2) is 6.49. The number of methoxy groups -OCH3 is 1. The van der Waals surface area contributed by atoms with Crippen molar-refractivity contribution in [2.45, 2.75) is 51.9 Å². The summed E-state index contributed by atoms with van der Waals surface area (Å²) >= 11 is 0. The fourth-order valence-electron chi connectivity index (χ4n) is 2.79. The van der Waals surface area contributed by atoms with E-state index in [1.54, 1.807) is 7.11 Å². The number of rotatable bonds is 6. The third-order valence-electron chi connectivity index (χ3n) is 4.02. The molecule has 1 aliphatic carbocycles.